The second-order valence-corrected chi connectivity index (χ2v) is 6.09. The van der Waals surface area contributed by atoms with Crippen molar-refractivity contribution < 1.29 is 13.7 Å². The van der Waals surface area contributed by atoms with E-state index in [2.05, 4.69) is 24.0 Å². The van der Waals surface area contributed by atoms with E-state index < -0.39 is 0 Å². The van der Waals surface area contributed by atoms with E-state index in [0.29, 0.717) is 29.0 Å². The Labute approximate surface area is 139 Å². The van der Waals surface area contributed by atoms with E-state index in [1.807, 2.05) is 19.1 Å². The number of ether oxygens (including phenoxy) is 1. The molecule has 0 aliphatic heterocycles. The van der Waals surface area contributed by atoms with E-state index in [0.717, 1.165) is 23.8 Å². The second kappa shape index (κ2) is 6.86. The average Bonchev–Trinajstić information content (AvgIpc) is 2.98. The second-order valence-electron chi connectivity index (χ2n) is 6.09. The molecule has 6 heteroatoms. The fourth-order valence-corrected chi connectivity index (χ4v) is 2.53. The minimum Gasteiger partial charge on any atom is -0.484 e. The van der Waals surface area contributed by atoms with Crippen LogP contribution >= 0.6 is 0 Å². The van der Waals surface area contributed by atoms with Crippen LogP contribution in [-0.2, 0) is 19.4 Å². The fourth-order valence-electron chi connectivity index (χ4n) is 2.53. The van der Waals surface area contributed by atoms with Crippen LogP contribution in [0.3, 0.4) is 0 Å². The lowest BCUT2D eigenvalue weighted by atomic mass is 10.1. The smallest absolute Gasteiger partial charge is 0.336 e. The van der Waals surface area contributed by atoms with E-state index in [1.165, 1.54) is 6.07 Å². The Hall–Kier alpha value is -2.63. The molecule has 0 unspecified atom stereocenters. The lowest BCUT2D eigenvalue weighted by molar-refractivity contribution is 0.242. The van der Waals surface area contributed by atoms with Gasteiger partial charge in [0.1, 0.15) is 11.3 Å². The molecule has 0 aliphatic rings. The van der Waals surface area contributed by atoms with Crippen molar-refractivity contribution in [3.8, 4) is 5.75 Å². The summed E-state index contributed by atoms with van der Waals surface area (Å²) in [4.78, 5) is 15.9. The first-order valence-electron chi connectivity index (χ1n) is 8.06. The third kappa shape index (κ3) is 3.64. The van der Waals surface area contributed by atoms with Crippen LogP contribution in [0.2, 0.25) is 0 Å². The summed E-state index contributed by atoms with van der Waals surface area (Å²) in [6, 6.07) is 6.97. The number of hydrogen-bond donors (Lipinski definition) is 0. The average molecular weight is 328 g/mol. The highest BCUT2D eigenvalue weighted by Crippen LogP contribution is 2.23. The summed E-state index contributed by atoms with van der Waals surface area (Å²) in [6.07, 6.45) is 1.54. The van der Waals surface area contributed by atoms with Gasteiger partial charge in [0.05, 0.1) is 0 Å². The molecule has 2 heterocycles. The Morgan fingerprint density at radius 2 is 2.08 bits per heavy atom. The van der Waals surface area contributed by atoms with Crippen LogP contribution in [0.15, 0.2) is 38.0 Å². The summed E-state index contributed by atoms with van der Waals surface area (Å²) < 4.78 is 16.1. The summed E-state index contributed by atoms with van der Waals surface area (Å²) in [6.45, 7) is 6.37. The van der Waals surface area contributed by atoms with Gasteiger partial charge in [-0.1, -0.05) is 25.9 Å². The van der Waals surface area contributed by atoms with Crippen LogP contribution in [0.25, 0.3) is 11.0 Å². The van der Waals surface area contributed by atoms with Gasteiger partial charge in [-0.3, -0.25) is 0 Å². The molecule has 0 fully saturated rings. The van der Waals surface area contributed by atoms with Crippen molar-refractivity contribution in [1.82, 2.24) is 10.1 Å². The topological polar surface area (TPSA) is 78.4 Å². The van der Waals surface area contributed by atoms with Crippen LogP contribution in [0.5, 0.6) is 5.75 Å². The Morgan fingerprint density at radius 1 is 1.25 bits per heavy atom. The van der Waals surface area contributed by atoms with Crippen molar-refractivity contribution in [3.63, 3.8) is 0 Å². The number of aromatic nitrogens is 2. The molecule has 3 rings (SSSR count). The van der Waals surface area contributed by atoms with Crippen molar-refractivity contribution in [2.75, 3.05) is 0 Å². The van der Waals surface area contributed by atoms with Gasteiger partial charge in [0.25, 0.3) is 5.89 Å². The van der Waals surface area contributed by atoms with E-state index in [-0.39, 0.29) is 12.2 Å². The van der Waals surface area contributed by atoms with E-state index in [4.69, 9.17) is 13.7 Å². The monoisotopic (exact) mass is 328 g/mol. The van der Waals surface area contributed by atoms with Crippen LogP contribution in [0, 0.1) is 5.92 Å². The van der Waals surface area contributed by atoms with Crippen molar-refractivity contribution in [2.24, 2.45) is 5.92 Å². The highest BCUT2D eigenvalue weighted by atomic mass is 16.5. The molecule has 0 saturated carbocycles. The highest BCUT2D eigenvalue weighted by molar-refractivity contribution is 5.81. The zero-order valence-corrected chi connectivity index (χ0v) is 14.0. The highest BCUT2D eigenvalue weighted by Gasteiger charge is 2.10. The summed E-state index contributed by atoms with van der Waals surface area (Å²) in [5, 5.41) is 4.84. The molecular weight excluding hydrogens is 308 g/mol. The number of hydrogen-bond acceptors (Lipinski definition) is 6. The SMILES string of the molecule is CCc1cc(=O)oc2cc(OCc3nc(CC(C)C)no3)ccc12. The van der Waals surface area contributed by atoms with Crippen molar-refractivity contribution in [2.45, 2.75) is 40.2 Å². The van der Waals surface area contributed by atoms with E-state index in [1.54, 1.807) is 6.07 Å². The van der Waals surface area contributed by atoms with Gasteiger partial charge in [-0.05, 0) is 30.0 Å². The molecule has 0 amide bonds. The van der Waals surface area contributed by atoms with Crippen LogP contribution in [0.4, 0.5) is 0 Å². The molecule has 2 aromatic heterocycles. The standard InChI is InChI=1S/C18H20N2O4/c1-4-12-8-18(21)23-15-9-13(5-6-14(12)15)22-10-17-19-16(20-24-17)7-11(2)3/h5-6,8-9,11H,4,7,10H2,1-3H3. The van der Waals surface area contributed by atoms with Crippen LogP contribution in [0.1, 0.15) is 38.0 Å². The largest absolute Gasteiger partial charge is 0.484 e. The van der Waals surface area contributed by atoms with Gasteiger partial charge < -0.3 is 13.7 Å². The Morgan fingerprint density at radius 3 is 2.83 bits per heavy atom. The van der Waals surface area contributed by atoms with Gasteiger partial charge in [-0.2, -0.15) is 4.98 Å². The third-order valence-corrected chi connectivity index (χ3v) is 3.65. The zero-order chi connectivity index (χ0) is 17.1. The number of rotatable bonds is 6. The molecule has 3 aromatic rings. The molecule has 0 bridgehead atoms. The van der Waals surface area contributed by atoms with Crippen molar-refractivity contribution >= 4 is 11.0 Å². The van der Waals surface area contributed by atoms with Crippen LogP contribution in [-0.4, -0.2) is 10.1 Å². The Kier molecular flexibility index (Phi) is 4.64. The molecule has 0 radical (unpaired) electrons. The first-order chi connectivity index (χ1) is 11.5. The van der Waals surface area contributed by atoms with Gasteiger partial charge in [0.2, 0.25) is 0 Å². The quantitative estimate of drug-likeness (QED) is 0.644. The van der Waals surface area contributed by atoms with Crippen LogP contribution < -0.4 is 10.4 Å². The molecule has 0 N–H and O–H groups in total. The maximum Gasteiger partial charge on any atom is 0.336 e. The minimum absolute atomic E-state index is 0.175. The maximum absolute atomic E-state index is 11.6. The molecule has 0 atom stereocenters. The van der Waals surface area contributed by atoms with Gasteiger partial charge in [0.15, 0.2) is 12.4 Å². The van der Waals surface area contributed by atoms with Gasteiger partial charge in [0, 0.05) is 23.9 Å². The fraction of sp³-hybridized carbons (Fsp3) is 0.389. The predicted octanol–water partition coefficient (Wildman–Crippen LogP) is 3.52. The molecule has 24 heavy (non-hydrogen) atoms. The molecule has 0 saturated heterocycles. The predicted molar refractivity (Wildman–Crippen MR) is 89.0 cm³/mol. The Balaban J connectivity index is 1.76. The van der Waals surface area contributed by atoms with Crippen molar-refractivity contribution in [3.05, 3.63) is 52.0 Å². The van der Waals surface area contributed by atoms with Gasteiger partial charge in [-0.25, -0.2) is 4.79 Å². The molecule has 0 spiro atoms. The number of nitrogens with zero attached hydrogens (tertiary/aromatic N) is 2. The lowest BCUT2D eigenvalue weighted by Gasteiger charge is -2.06. The van der Waals surface area contributed by atoms with E-state index in [9.17, 15) is 4.79 Å². The molecular formula is C18H20N2O4. The molecule has 0 aliphatic carbocycles. The molecule has 1 aromatic carbocycles. The minimum atomic E-state index is -0.355. The van der Waals surface area contributed by atoms with E-state index >= 15 is 0 Å². The molecule has 6 nitrogen and oxygen atoms in total. The van der Waals surface area contributed by atoms with Gasteiger partial charge >= 0.3 is 5.63 Å². The maximum atomic E-state index is 11.6. The number of benzene rings is 1. The summed E-state index contributed by atoms with van der Waals surface area (Å²) in [7, 11) is 0. The van der Waals surface area contributed by atoms with Crippen molar-refractivity contribution in [1.29, 1.82) is 0 Å². The first-order valence-corrected chi connectivity index (χ1v) is 8.06. The number of aryl methyl sites for hydroxylation is 1. The first kappa shape index (κ1) is 16.2. The van der Waals surface area contributed by atoms with Gasteiger partial charge in [-0.15, -0.1) is 0 Å². The Bertz CT molecular complexity index is 895. The summed E-state index contributed by atoms with van der Waals surface area (Å²) in [5.41, 5.74) is 1.12. The normalized spacial score (nSPS) is 11.3. The third-order valence-electron chi connectivity index (χ3n) is 3.65. The molecule has 126 valence electrons. The summed E-state index contributed by atoms with van der Waals surface area (Å²) in [5.74, 6) is 2.16. The lowest BCUT2D eigenvalue weighted by Crippen LogP contribution is -2.01. The summed E-state index contributed by atoms with van der Waals surface area (Å²) >= 11 is 0. The zero-order valence-electron chi connectivity index (χ0n) is 14.0. The number of fused-ring (bicyclic) bond motifs is 1.